The van der Waals surface area contributed by atoms with E-state index in [2.05, 4.69) is 41.5 Å². The van der Waals surface area contributed by atoms with Crippen LogP contribution < -0.4 is 10.6 Å². The van der Waals surface area contributed by atoms with Crippen molar-refractivity contribution in [3.8, 4) is 0 Å². The second-order valence-electron chi connectivity index (χ2n) is 7.87. The van der Waals surface area contributed by atoms with Crippen LogP contribution in [0.5, 0.6) is 0 Å². The molecule has 1 fully saturated rings. The van der Waals surface area contributed by atoms with Crippen LogP contribution in [0.1, 0.15) is 52.9 Å². The third-order valence-electron chi connectivity index (χ3n) is 5.02. The highest BCUT2D eigenvalue weighted by molar-refractivity contribution is 7.99. The smallest absolute Gasteiger partial charge is 0.220 e. The van der Waals surface area contributed by atoms with E-state index in [0.29, 0.717) is 31.3 Å². The van der Waals surface area contributed by atoms with Gasteiger partial charge in [0.15, 0.2) is 10.8 Å². The Kier molecular flexibility index (Phi) is 7.53. The number of carbonyl (C=O) groups excluding carboxylic acids is 1. The highest BCUT2D eigenvalue weighted by Gasteiger charge is 2.18. The molecule has 0 aromatic carbocycles. The average molecular weight is 405 g/mol. The van der Waals surface area contributed by atoms with Crippen molar-refractivity contribution in [3.63, 3.8) is 0 Å². The number of anilines is 1. The number of aromatic nitrogens is 4. The molecule has 0 bridgehead atoms. The van der Waals surface area contributed by atoms with E-state index in [1.54, 1.807) is 11.8 Å². The first kappa shape index (κ1) is 20.9. The van der Waals surface area contributed by atoms with Crippen LogP contribution in [0.4, 0.5) is 5.82 Å². The lowest BCUT2D eigenvalue weighted by Gasteiger charge is -2.11. The lowest BCUT2D eigenvalue weighted by atomic mass is 10.0. The highest BCUT2D eigenvalue weighted by atomic mass is 32.2. The summed E-state index contributed by atoms with van der Waals surface area (Å²) in [5, 5.41) is 12.7. The predicted molar refractivity (Wildman–Crippen MR) is 115 cm³/mol. The Balaban J connectivity index is 1.65. The second-order valence-corrected chi connectivity index (χ2v) is 9.10. The Labute approximate surface area is 171 Å². The van der Waals surface area contributed by atoms with Gasteiger partial charge in [0.05, 0.1) is 18.1 Å². The standard InChI is InChI=1S/C20H32N6OS/c1-4-28-20-24-18(22-12-14(2)3)16-13-23-26(19(16)25-20)10-9-21-17(27)11-15-7-5-6-8-15/h13-15H,4-12H2,1-3H3,(H,21,27)(H,22,24,25). The van der Waals surface area contributed by atoms with Crippen LogP contribution in [0.15, 0.2) is 11.4 Å². The summed E-state index contributed by atoms with van der Waals surface area (Å²) in [5.74, 6) is 3.00. The van der Waals surface area contributed by atoms with E-state index < -0.39 is 0 Å². The zero-order valence-corrected chi connectivity index (χ0v) is 18.0. The minimum atomic E-state index is 0.152. The first-order valence-electron chi connectivity index (χ1n) is 10.4. The minimum absolute atomic E-state index is 0.152. The molecule has 0 aliphatic heterocycles. The maximum atomic E-state index is 12.2. The fourth-order valence-electron chi connectivity index (χ4n) is 3.58. The monoisotopic (exact) mass is 404 g/mol. The zero-order chi connectivity index (χ0) is 19.9. The molecular weight excluding hydrogens is 372 g/mol. The summed E-state index contributed by atoms with van der Waals surface area (Å²) < 4.78 is 1.87. The van der Waals surface area contributed by atoms with Crippen molar-refractivity contribution in [2.75, 3.05) is 24.2 Å². The molecule has 0 spiro atoms. The van der Waals surface area contributed by atoms with Crippen LogP contribution in [0, 0.1) is 11.8 Å². The largest absolute Gasteiger partial charge is 0.369 e. The third-order valence-corrected chi connectivity index (χ3v) is 5.75. The van der Waals surface area contributed by atoms with Crippen molar-refractivity contribution >= 4 is 34.5 Å². The molecule has 1 saturated carbocycles. The number of amides is 1. The molecule has 7 nitrogen and oxygen atoms in total. The molecule has 2 N–H and O–H groups in total. The van der Waals surface area contributed by atoms with Crippen LogP contribution in [0.2, 0.25) is 0 Å². The first-order chi connectivity index (χ1) is 13.6. The molecule has 8 heteroatoms. The first-order valence-corrected chi connectivity index (χ1v) is 11.4. The van der Waals surface area contributed by atoms with Crippen LogP contribution in [0.3, 0.4) is 0 Å². The van der Waals surface area contributed by atoms with E-state index in [1.165, 1.54) is 25.7 Å². The van der Waals surface area contributed by atoms with Crippen molar-refractivity contribution in [3.05, 3.63) is 6.20 Å². The minimum Gasteiger partial charge on any atom is -0.369 e. The molecule has 0 atom stereocenters. The zero-order valence-electron chi connectivity index (χ0n) is 17.2. The normalized spacial score (nSPS) is 14.9. The van der Waals surface area contributed by atoms with Gasteiger partial charge in [-0.2, -0.15) is 5.10 Å². The second kappa shape index (κ2) is 10.1. The SMILES string of the molecule is CCSc1nc(NCC(C)C)c2cnn(CCNC(=O)CC3CCCC3)c2n1. The summed E-state index contributed by atoms with van der Waals surface area (Å²) in [6, 6.07) is 0. The van der Waals surface area contributed by atoms with Gasteiger partial charge in [-0.15, -0.1) is 0 Å². The molecule has 0 saturated heterocycles. The summed E-state index contributed by atoms with van der Waals surface area (Å²) in [6.45, 7) is 8.46. The van der Waals surface area contributed by atoms with Crippen LogP contribution >= 0.6 is 11.8 Å². The fraction of sp³-hybridized carbons (Fsp3) is 0.700. The lowest BCUT2D eigenvalue weighted by molar-refractivity contribution is -0.122. The summed E-state index contributed by atoms with van der Waals surface area (Å²) in [5.41, 5.74) is 0.822. The maximum absolute atomic E-state index is 12.2. The van der Waals surface area contributed by atoms with Gasteiger partial charge in [-0.3, -0.25) is 4.79 Å². The van der Waals surface area contributed by atoms with Crippen LogP contribution in [-0.2, 0) is 11.3 Å². The van der Waals surface area contributed by atoms with Crippen LogP contribution in [-0.4, -0.2) is 44.5 Å². The van der Waals surface area contributed by atoms with E-state index >= 15 is 0 Å². The predicted octanol–water partition coefficient (Wildman–Crippen LogP) is 3.70. The van der Waals surface area contributed by atoms with Crippen LogP contribution in [0.25, 0.3) is 11.0 Å². The van der Waals surface area contributed by atoms with Gasteiger partial charge in [0.2, 0.25) is 5.91 Å². The van der Waals surface area contributed by atoms with Gasteiger partial charge in [-0.1, -0.05) is 45.4 Å². The summed E-state index contributed by atoms with van der Waals surface area (Å²) in [7, 11) is 0. The molecule has 3 rings (SSSR count). The number of thioether (sulfide) groups is 1. The van der Waals surface area contributed by atoms with Crippen molar-refractivity contribution < 1.29 is 4.79 Å². The molecule has 1 amide bonds. The van der Waals surface area contributed by atoms with E-state index in [1.807, 2.05) is 10.9 Å². The number of nitrogens with one attached hydrogen (secondary N) is 2. The number of fused-ring (bicyclic) bond motifs is 1. The van der Waals surface area contributed by atoms with Crippen molar-refractivity contribution in [1.82, 2.24) is 25.1 Å². The topological polar surface area (TPSA) is 84.7 Å². The molecule has 2 heterocycles. The Hall–Kier alpha value is -1.83. The van der Waals surface area contributed by atoms with Gasteiger partial charge in [-0.25, -0.2) is 14.6 Å². The molecule has 28 heavy (non-hydrogen) atoms. The van der Waals surface area contributed by atoms with Crippen molar-refractivity contribution in [1.29, 1.82) is 0 Å². The summed E-state index contributed by atoms with van der Waals surface area (Å²) in [6.07, 6.45) is 7.39. The highest BCUT2D eigenvalue weighted by Crippen LogP contribution is 2.27. The van der Waals surface area contributed by atoms with Gasteiger partial charge in [-0.05, 0) is 30.4 Å². The lowest BCUT2D eigenvalue weighted by Crippen LogP contribution is -2.28. The molecule has 154 valence electrons. The molecule has 2 aromatic heterocycles. The van der Waals surface area contributed by atoms with E-state index in [0.717, 1.165) is 34.3 Å². The number of rotatable bonds is 10. The molecule has 1 aliphatic carbocycles. The van der Waals surface area contributed by atoms with Crippen molar-refractivity contribution in [2.24, 2.45) is 11.8 Å². The molecule has 0 unspecified atom stereocenters. The van der Waals surface area contributed by atoms with E-state index in [-0.39, 0.29) is 5.91 Å². The summed E-state index contributed by atoms with van der Waals surface area (Å²) in [4.78, 5) is 21.5. The van der Waals surface area contributed by atoms with Gasteiger partial charge >= 0.3 is 0 Å². The number of carbonyl (C=O) groups is 1. The Morgan fingerprint density at radius 3 is 2.82 bits per heavy atom. The van der Waals surface area contributed by atoms with E-state index in [9.17, 15) is 4.79 Å². The average Bonchev–Trinajstić information content (AvgIpc) is 3.30. The number of hydrogen-bond donors (Lipinski definition) is 2. The molecule has 0 radical (unpaired) electrons. The van der Waals surface area contributed by atoms with Gasteiger partial charge in [0.1, 0.15) is 5.82 Å². The Morgan fingerprint density at radius 2 is 2.11 bits per heavy atom. The van der Waals surface area contributed by atoms with Gasteiger partial charge in [0, 0.05) is 19.5 Å². The number of nitrogens with zero attached hydrogens (tertiary/aromatic N) is 4. The third kappa shape index (κ3) is 5.59. The molecule has 2 aromatic rings. The quantitative estimate of drug-likeness (QED) is 0.464. The van der Waals surface area contributed by atoms with Crippen molar-refractivity contribution in [2.45, 2.75) is 64.6 Å². The van der Waals surface area contributed by atoms with Gasteiger partial charge in [0.25, 0.3) is 0 Å². The Bertz CT molecular complexity index is 784. The molecular formula is C20H32N6OS. The Morgan fingerprint density at radius 1 is 1.32 bits per heavy atom. The summed E-state index contributed by atoms with van der Waals surface area (Å²) >= 11 is 1.62. The van der Waals surface area contributed by atoms with E-state index in [4.69, 9.17) is 4.98 Å². The molecule has 1 aliphatic rings. The maximum Gasteiger partial charge on any atom is 0.220 e. The van der Waals surface area contributed by atoms with Gasteiger partial charge < -0.3 is 10.6 Å². The fourth-order valence-corrected chi connectivity index (χ4v) is 4.14. The number of hydrogen-bond acceptors (Lipinski definition) is 6.